The van der Waals surface area contributed by atoms with Crippen LogP contribution in [0.4, 0.5) is 5.82 Å². The highest BCUT2D eigenvalue weighted by atomic mass is 32.1. The van der Waals surface area contributed by atoms with Crippen molar-refractivity contribution >= 4 is 27.4 Å². The van der Waals surface area contributed by atoms with Crippen molar-refractivity contribution in [1.29, 1.82) is 0 Å². The van der Waals surface area contributed by atoms with E-state index in [0.717, 1.165) is 29.0 Å². The molecule has 0 aliphatic rings. The van der Waals surface area contributed by atoms with E-state index in [1.54, 1.807) is 17.7 Å². The van der Waals surface area contributed by atoms with Crippen LogP contribution in [0.1, 0.15) is 31.9 Å². The SMILES string of the molecule is CC(C)(C)c1ccc(CCNc2ncnc3sccc23)cc1. The Bertz CT molecular complexity index is 754. The molecular formula is C18H21N3S. The van der Waals surface area contributed by atoms with Crippen molar-refractivity contribution in [2.45, 2.75) is 32.6 Å². The largest absolute Gasteiger partial charge is 0.369 e. The van der Waals surface area contributed by atoms with Gasteiger partial charge in [0.1, 0.15) is 17.0 Å². The lowest BCUT2D eigenvalue weighted by Crippen LogP contribution is -2.11. The van der Waals surface area contributed by atoms with Gasteiger partial charge in [0, 0.05) is 6.54 Å². The molecule has 0 aliphatic heterocycles. The number of rotatable bonds is 4. The Labute approximate surface area is 135 Å². The first-order valence-electron chi connectivity index (χ1n) is 7.55. The molecular weight excluding hydrogens is 290 g/mol. The lowest BCUT2D eigenvalue weighted by molar-refractivity contribution is 0.590. The lowest BCUT2D eigenvalue weighted by Gasteiger charge is -2.19. The maximum Gasteiger partial charge on any atom is 0.138 e. The summed E-state index contributed by atoms with van der Waals surface area (Å²) in [6.07, 6.45) is 2.61. The third-order valence-corrected chi connectivity index (χ3v) is 4.61. The third-order valence-electron chi connectivity index (χ3n) is 3.79. The zero-order chi connectivity index (χ0) is 15.6. The monoisotopic (exact) mass is 311 g/mol. The minimum absolute atomic E-state index is 0.211. The number of hydrogen-bond donors (Lipinski definition) is 1. The second-order valence-corrected chi connectivity index (χ2v) is 7.38. The van der Waals surface area contributed by atoms with Crippen molar-refractivity contribution in [3.8, 4) is 0 Å². The van der Waals surface area contributed by atoms with Gasteiger partial charge >= 0.3 is 0 Å². The molecule has 0 fully saturated rings. The molecule has 3 rings (SSSR count). The minimum atomic E-state index is 0.211. The number of thiophene rings is 1. The Morgan fingerprint density at radius 3 is 2.55 bits per heavy atom. The van der Waals surface area contributed by atoms with E-state index in [1.165, 1.54) is 11.1 Å². The van der Waals surface area contributed by atoms with E-state index < -0.39 is 0 Å². The first kappa shape index (κ1) is 15.0. The minimum Gasteiger partial charge on any atom is -0.369 e. The van der Waals surface area contributed by atoms with Crippen LogP contribution in [-0.4, -0.2) is 16.5 Å². The van der Waals surface area contributed by atoms with Crippen molar-refractivity contribution in [3.63, 3.8) is 0 Å². The van der Waals surface area contributed by atoms with Crippen molar-refractivity contribution in [1.82, 2.24) is 9.97 Å². The Hall–Kier alpha value is -1.94. The van der Waals surface area contributed by atoms with Crippen molar-refractivity contribution in [2.24, 2.45) is 0 Å². The van der Waals surface area contributed by atoms with Gasteiger partial charge in [-0.2, -0.15) is 0 Å². The number of nitrogens with zero attached hydrogens (tertiary/aromatic N) is 2. The predicted octanol–water partition coefficient (Wildman–Crippen LogP) is 4.64. The number of nitrogens with one attached hydrogen (secondary N) is 1. The molecule has 0 saturated carbocycles. The van der Waals surface area contributed by atoms with Gasteiger partial charge in [0.25, 0.3) is 0 Å². The second-order valence-electron chi connectivity index (χ2n) is 6.49. The Morgan fingerprint density at radius 1 is 1.05 bits per heavy atom. The summed E-state index contributed by atoms with van der Waals surface area (Å²) in [5.74, 6) is 0.928. The van der Waals surface area contributed by atoms with Crippen molar-refractivity contribution in [2.75, 3.05) is 11.9 Å². The fourth-order valence-corrected chi connectivity index (χ4v) is 3.16. The number of hydrogen-bond acceptors (Lipinski definition) is 4. The summed E-state index contributed by atoms with van der Waals surface area (Å²) in [6, 6.07) is 11.0. The number of aromatic nitrogens is 2. The van der Waals surface area contributed by atoms with Crippen LogP contribution in [0, 0.1) is 0 Å². The van der Waals surface area contributed by atoms with Gasteiger partial charge in [0.15, 0.2) is 0 Å². The number of anilines is 1. The first-order valence-corrected chi connectivity index (χ1v) is 8.43. The summed E-state index contributed by atoms with van der Waals surface area (Å²) in [6.45, 7) is 7.59. The van der Waals surface area contributed by atoms with Gasteiger partial charge in [-0.15, -0.1) is 11.3 Å². The molecule has 1 N–H and O–H groups in total. The average Bonchev–Trinajstić information content (AvgIpc) is 2.96. The Kier molecular flexibility index (Phi) is 4.12. The van der Waals surface area contributed by atoms with Crippen molar-refractivity contribution < 1.29 is 0 Å². The van der Waals surface area contributed by atoms with Gasteiger partial charge < -0.3 is 5.32 Å². The zero-order valence-corrected chi connectivity index (χ0v) is 14.1. The molecule has 0 saturated heterocycles. The Morgan fingerprint density at radius 2 is 1.82 bits per heavy atom. The number of benzene rings is 1. The van der Waals surface area contributed by atoms with Gasteiger partial charge in [-0.3, -0.25) is 0 Å². The quantitative estimate of drug-likeness (QED) is 0.762. The normalized spacial score (nSPS) is 11.8. The molecule has 0 bridgehead atoms. The fraction of sp³-hybridized carbons (Fsp3) is 0.333. The molecule has 3 nitrogen and oxygen atoms in total. The second kappa shape index (κ2) is 6.05. The lowest BCUT2D eigenvalue weighted by atomic mass is 9.86. The highest BCUT2D eigenvalue weighted by Gasteiger charge is 2.12. The van der Waals surface area contributed by atoms with Crippen LogP contribution in [-0.2, 0) is 11.8 Å². The van der Waals surface area contributed by atoms with Crippen LogP contribution in [0.5, 0.6) is 0 Å². The molecule has 0 amide bonds. The van der Waals surface area contributed by atoms with E-state index in [2.05, 4.69) is 71.8 Å². The smallest absolute Gasteiger partial charge is 0.138 e. The summed E-state index contributed by atoms with van der Waals surface area (Å²) in [5, 5.41) is 6.58. The summed E-state index contributed by atoms with van der Waals surface area (Å²) < 4.78 is 0. The highest BCUT2D eigenvalue weighted by molar-refractivity contribution is 7.16. The van der Waals surface area contributed by atoms with Gasteiger partial charge in [0.05, 0.1) is 5.39 Å². The molecule has 22 heavy (non-hydrogen) atoms. The van der Waals surface area contributed by atoms with E-state index >= 15 is 0 Å². The van der Waals surface area contributed by atoms with Crippen LogP contribution in [0.25, 0.3) is 10.2 Å². The van der Waals surface area contributed by atoms with Gasteiger partial charge in [-0.1, -0.05) is 45.0 Å². The predicted molar refractivity (Wildman–Crippen MR) is 94.8 cm³/mol. The molecule has 0 radical (unpaired) electrons. The standard InChI is InChI=1S/C18H21N3S/c1-18(2,3)14-6-4-13(5-7-14)8-10-19-16-15-9-11-22-17(15)21-12-20-16/h4-7,9,11-12H,8,10H2,1-3H3,(H,19,20,21). The van der Waals surface area contributed by atoms with E-state index in [-0.39, 0.29) is 5.41 Å². The topological polar surface area (TPSA) is 37.8 Å². The maximum absolute atomic E-state index is 4.34. The summed E-state index contributed by atoms with van der Waals surface area (Å²) in [4.78, 5) is 9.64. The molecule has 114 valence electrons. The molecule has 0 atom stereocenters. The van der Waals surface area contributed by atoms with E-state index in [9.17, 15) is 0 Å². The Balaban J connectivity index is 1.62. The molecule has 0 unspecified atom stereocenters. The summed E-state index contributed by atoms with van der Waals surface area (Å²) in [7, 11) is 0. The molecule has 2 heterocycles. The van der Waals surface area contributed by atoms with Crippen LogP contribution in [0.2, 0.25) is 0 Å². The number of fused-ring (bicyclic) bond motifs is 1. The van der Waals surface area contributed by atoms with Crippen LogP contribution in [0.3, 0.4) is 0 Å². The van der Waals surface area contributed by atoms with Crippen LogP contribution < -0.4 is 5.32 Å². The van der Waals surface area contributed by atoms with Crippen LogP contribution >= 0.6 is 11.3 Å². The molecule has 0 spiro atoms. The van der Waals surface area contributed by atoms with Gasteiger partial charge in [0.2, 0.25) is 0 Å². The molecule has 2 aromatic heterocycles. The average molecular weight is 311 g/mol. The first-order chi connectivity index (χ1) is 10.5. The van der Waals surface area contributed by atoms with E-state index in [1.807, 2.05) is 0 Å². The van der Waals surface area contributed by atoms with E-state index in [4.69, 9.17) is 0 Å². The van der Waals surface area contributed by atoms with E-state index in [0.29, 0.717) is 0 Å². The molecule has 3 aromatic rings. The highest BCUT2D eigenvalue weighted by Crippen LogP contribution is 2.24. The molecule has 1 aromatic carbocycles. The zero-order valence-electron chi connectivity index (χ0n) is 13.3. The fourth-order valence-electron chi connectivity index (χ4n) is 2.43. The van der Waals surface area contributed by atoms with Crippen LogP contribution in [0.15, 0.2) is 42.0 Å². The third kappa shape index (κ3) is 3.28. The maximum atomic E-state index is 4.34. The molecule has 0 aliphatic carbocycles. The van der Waals surface area contributed by atoms with Crippen molar-refractivity contribution in [3.05, 3.63) is 53.2 Å². The molecule has 4 heteroatoms. The summed E-state index contributed by atoms with van der Waals surface area (Å²) in [5.41, 5.74) is 2.93. The van der Waals surface area contributed by atoms with Gasteiger partial charge in [-0.05, 0) is 34.4 Å². The summed E-state index contributed by atoms with van der Waals surface area (Å²) >= 11 is 1.64. The van der Waals surface area contributed by atoms with Gasteiger partial charge in [-0.25, -0.2) is 9.97 Å².